The number of nitrogens with one attached hydrogen (secondary N) is 2. The van der Waals surface area contributed by atoms with Crippen molar-refractivity contribution in [3.8, 4) is 0 Å². The van der Waals surface area contributed by atoms with Crippen LogP contribution < -0.4 is 10.6 Å². The maximum Gasteiger partial charge on any atom is 0.257 e. The molecule has 3 rings (SSSR count). The van der Waals surface area contributed by atoms with Gasteiger partial charge < -0.3 is 10.6 Å². The highest BCUT2D eigenvalue weighted by atomic mass is 127. The van der Waals surface area contributed by atoms with Crippen molar-refractivity contribution in [1.29, 1.82) is 0 Å². The highest BCUT2D eigenvalue weighted by Crippen LogP contribution is 2.23. The zero-order valence-electron chi connectivity index (χ0n) is 14.7. The summed E-state index contributed by atoms with van der Waals surface area (Å²) in [6, 6.07) is 16.4. The Balaban J connectivity index is 1.87. The summed E-state index contributed by atoms with van der Waals surface area (Å²) in [5, 5.41) is 5.76. The molecule has 3 aromatic rings. The zero-order valence-corrected chi connectivity index (χ0v) is 16.9. The minimum absolute atomic E-state index is 0.268. The molecule has 0 atom stereocenters. The Hall–Kier alpha value is -2.74. The number of anilines is 2. The van der Waals surface area contributed by atoms with Crippen LogP contribution in [0.4, 0.5) is 11.4 Å². The molecule has 2 aromatic carbocycles. The van der Waals surface area contributed by atoms with Crippen LogP contribution in [0.25, 0.3) is 0 Å². The third-order valence-electron chi connectivity index (χ3n) is 4.04. The van der Waals surface area contributed by atoms with E-state index in [9.17, 15) is 9.59 Å². The van der Waals surface area contributed by atoms with E-state index in [0.29, 0.717) is 16.8 Å². The van der Waals surface area contributed by atoms with E-state index in [0.717, 1.165) is 21.2 Å². The Morgan fingerprint density at radius 2 is 1.74 bits per heavy atom. The van der Waals surface area contributed by atoms with E-state index in [1.165, 1.54) is 6.20 Å². The molecule has 0 aliphatic rings. The minimum atomic E-state index is -0.313. The number of carbonyl (C=O) groups is 2. The second-order valence-electron chi connectivity index (χ2n) is 5.85. The molecule has 1 heterocycles. The summed E-state index contributed by atoms with van der Waals surface area (Å²) in [5.74, 6) is -0.580. The summed E-state index contributed by atoms with van der Waals surface area (Å²) in [7, 11) is 0. The number of hydrogen-bond donors (Lipinski definition) is 2. The molecule has 0 radical (unpaired) electrons. The number of carbonyl (C=O) groups excluding carboxylic acids is 2. The van der Waals surface area contributed by atoms with Gasteiger partial charge in [-0.2, -0.15) is 0 Å². The lowest BCUT2D eigenvalue weighted by Gasteiger charge is -2.14. The first-order chi connectivity index (χ1) is 13.1. The molecule has 0 spiro atoms. The van der Waals surface area contributed by atoms with Gasteiger partial charge >= 0.3 is 0 Å². The Morgan fingerprint density at radius 3 is 2.48 bits per heavy atom. The molecule has 1 aromatic heterocycles. The number of pyridine rings is 1. The molecule has 136 valence electrons. The van der Waals surface area contributed by atoms with Gasteiger partial charge in [0.25, 0.3) is 11.8 Å². The van der Waals surface area contributed by atoms with Crippen molar-refractivity contribution in [3.05, 3.63) is 87.3 Å². The van der Waals surface area contributed by atoms with E-state index in [-0.39, 0.29) is 11.8 Å². The van der Waals surface area contributed by atoms with Crippen LogP contribution in [0, 0.1) is 3.57 Å². The summed E-state index contributed by atoms with van der Waals surface area (Å²) in [4.78, 5) is 29.3. The molecule has 0 unspecified atom stereocenters. The Bertz CT molecular complexity index is 974. The normalized spacial score (nSPS) is 10.3. The van der Waals surface area contributed by atoms with Crippen LogP contribution in [0.5, 0.6) is 0 Å². The SMILES string of the molecule is CCc1ccccc1NC(=O)c1cc(I)ccc1NC(=O)c1cccnc1. The van der Waals surface area contributed by atoms with E-state index in [2.05, 4.69) is 38.2 Å². The Kier molecular flexibility index (Phi) is 6.18. The van der Waals surface area contributed by atoms with Crippen LogP contribution in [0.2, 0.25) is 0 Å². The number of rotatable bonds is 5. The van der Waals surface area contributed by atoms with E-state index >= 15 is 0 Å². The van der Waals surface area contributed by atoms with Crippen molar-refractivity contribution in [1.82, 2.24) is 4.98 Å². The second-order valence-corrected chi connectivity index (χ2v) is 7.10. The van der Waals surface area contributed by atoms with Crippen molar-refractivity contribution in [2.45, 2.75) is 13.3 Å². The number of para-hydroxylation sites is 1. The summed E-state index contributed by atoms with van der Waals surface area (Å²) >= 11 is 2.14. The molecule has 27 heavy (non-hydrogen) atoms. The van der Waals surface area contributed by atoms with Gasteiger partial charge in [-0.25, -0.2) is 0 Å². The van der Waals surface area contributed by atoms with Gasteiger partial charge in [-0.05, 0) is 71.0 Å². The van der Waals surface area contributed by atoms with Gasteiger partial charge in [0.2, 0.25) is 0 Å². The molecule has 0 aliphatic heterocycles. The Morgan fingerprint density at radius 1 is 0.963 bits per heavy atom. The van der Waals surface area contributed by atoms with Crippen molar-refractivity contribution in [3.63, 3.8) is 0 Å². The second kappa shape index (κ2) is 8.77. The summed E-state index contributed by atoms with van der Waals surface area (Å²) < 4.78 is 0.904. The number of benzene rings is 2. The third kappa shape index (κ3) is 4.71. The van der Waals surface area contributed by atoms with Gasteiger partial charge in [-0.1, -0.05) is 25.1 Å². The molecule has 6 heteroatoms. The zero-order chi connectivity index (χ0) is 19.2. The minimum Gasteiger partial charge on any atom is -0.322 e. The first-order valence-electron chi connectivity index (χ1n) is 8.48. The average molecular weight is 471 g/mol. The van der Waals surface area contributed by atoms with Crippen molar-refractivity contribution < 1.29 is 9.59 Å². The average Bonchev–Trinajstić information content (AvgIpc) is 2.70. The van der Waals surface area contributed by atoms with Gasteiger partial charge in [0.1, 0.15) is 0 Å². The van der Waals surface area contributed by atoms with Crippen LogP contribution in [0.3, 0.4) is 0 Å². The highest BCUT2D eigenvalue weighted by molar-refractivity contribution is 14.1. The van der Waals surface area contributed by atoms with Crippen LogP contribution in [-0.4, -0.2) is 16.8 Å². The van der Waals surface area contributed by atoms with Crippen LogP contribution in [0.15, 0.2) is 67.0 Å². The molecule has 0 saturated carbocycles. The number of amides is 2. The molecular weight excluding hydrogens is 453 g/mol. The van der Waals surface area contributed by atoms with Gasteiger partial charge in [-0.15, -0.1) is 0 Å². The maximum absolute atomic E-state index is 12.9. The number of halogens is 1. The van der Waals surface area contributed by atoms with Gasteiger partial charge in [0, 0.05) is 21.7 Å². The van der Waals surface area contributed by atoms with Crippen molar-refractivity contribution in [2.24, 2.45) is 0 Å². The lowest BCUT2D eigenvalue weighted by atomic mass is 10.1. The quantitative estimate of drug-likeness (QED) is 0.528. The molecule has 0 aliphatic carbocycles. The van der Waals surface area contributed by atoms with E-state index < -0.39 is 0 Å². The fraction of sp³-hybridized carbons (Fsp3) is 0.0952. The fourth-order valence-electron chi connectivity index (χ4n) is 2.65. The predicted octanol–water partition coefficient (Wildman–Crippen LogP) is 4.75. The molecule has 2 N–H and O–H groups in total. The molecule has 0 fully saturated rings. The largest absolute Gasteiger partial charge is 0.322 e. The summed E-state index contributed by atoms with van der Waals surface area (Å²) in [6.07, 6.45) is 3.90. The third-order valence-corrected chi connectivity index (χ3v) is 4.72. The standard InChI is InChI=1S/C21H18IN3O2/c1-2-14-6-3-4-8-18(14)24-21(27)17-12-16(22)9-10-19(17)25-20(26)15-7-5-11-23-13-15/h3-13H,2H2,1H3,(H,24,27)(H,25,26). The van der Waals surface area contributed by atoms with Crippen molar-refractivity contribution >= 4 is 45.8 Å². The van der Waals surface area contributed by atoms with Gasteiger partial charge in [-0.3, -0.25) is 14.6 Å². The van der Waals surface area contributed by atoms with E-state index in [1.54, 1.807) is 30.5 Å². The molecule has 5 nitrogen and oxygen atoms in total. The molecule has 2 amide bonds. The smallest absolute Gasteiger partial charge is 0.257 e. The number of aryl methyl sites for hydroxylation is 1. The maximum atomic E-state index is 12.9. The monoisotopic (exact) mass is 471 g/mol. The van der Waals surface area contributed by atoms with Crippen molar-refractivity contribution in [2.75, 3.05) is 10.6 Å². The molecule has 0 bridgehead atoms. The number of hydrogen-bond acceptors (Lipinski definition) is 3. The lowest BCUT2D eigenvalue weighted by Crippen LogP contribution is -2.19. The Labute approximate surface area is 171 Å². The summed E-state index contributed by atoms with van der Waals surface area (Å²) in [6.45, 7) is 2.04. The van der Waals surface area contributed by atoms with E-state index in [1.807, 2.05) is 37.3 Å². The molecular formula is C21H18IN3O2. The van der Waals surface area contributed by atoms with E-state index in [4.69, 9.17) is 0 Å². The first-order valence-corrected chi connectivity index (χ1v) is 9.56. The molecule has 0 saturated heterocycles. The first kappa shape index (κ1) is 19.0. The highest BCUT2D eigenvalue weighted by Gasteiger charge is 2.16. The topological polar surface area (TPSA) is 71.1 Å². The number of aromatic nitrogens is 1. The van der Waals surface area contributed by atoms with Crippen LogP contribution in [-0.2, 0) is 6.42 Å². The predicted molar refractivity (Wildman–Crippen MR) is 115 cm³/mol. The lowest BCUT2D eigenvalue weighted by molar-refractivity contribution is 0.102. The number of nitrogens with zero attached hydrogens (tertiary/aromatic N) is 1. The van der Waals surface area contributed by atoms with Gasteiger partial charge in [0.05, 0.1) is 16.8 Å². The van der Waals surface area contributed by atoms with Crippen LogP contribution >= 0.6 is 22.6 Å². The fourth-order valence-corrected chi connectivity index (χ4v) is 3.14. The summed E-state index contributed by atoms with van der Waals surface area (Å²) in [5.41, 5.74) is 3.12. The van der Waals surface area contributed by atoms with Gasteiger partial charge in [0.15, 0.2) is 0 Å². The van der Waals surface area contributed by atoms with Crippen LogP contribution in [0.1, 0.15) is 33.2 Å².